The van der Waals surface area contributed by atoms with Gasteiger partial charge in [0.15, 0.2) is 0 Å². The maximum atomic E-state index is 12.1. The summed E-state index contributed by atoms with van der Waals surface area (Å²) >= 11 is 0. The Kier molecular flexibility index (Phi) is 25.1. The van der Waals surface area contributed by atoms with Crippen LogP contribution in [-0.4, -0.2) is 50.2 Å². The van der Waals surface area contributed by atoms with Gasteiger partial charge in [0.1, 0.15) is 0 Å². The highest BCUT2D eigenvalue weighted by molar-refractivity contribution is 5.69. The second-order valence-electron chi connectivity index (χ2n) is 11.8. The Morgan fingerprint density at radius 2 is 1.19 bits per heavy atom. The molecule has 0 aliphatic carbocycles. The number of rotatable bonds is 28. The molecule has 4 nitrogen and oxygen atoms in total. The molecular formula is C33H66N2O2. The Balaban J connectivity index is 2.07. The van der Waals surface area contributed by atoms with Crippen molar-refractivity contribution in [2.45, 2.75) is 162 Å². The predicted octanol–water partition coefficient (Wildman–Crippen LogP) is 9.06. The van der Waals surface area contributed by atoms with Gasteiger partial charge in [-0.05, 0) is 64.2 Å². The van der Waals surface area contributed by atoms with Crippen molar-refractivity contribution >= 4 is 5.97 Å². The fourth-order valence-electron chi connectivity index (χ4n) is 5.61. The Morgan fingerprint density at radius 3 is 1.73 bits per heavy atom. The van der Waals surface area contributed by atoms with Crippen LogP contribution < -0.4 is 5.32 Å². The van der Waals surface area contributed by atoms with Gasteiger partial charge < -0.3 is 15.0 Å². The van der Waals surface area contributed by atoms with Crippen molar-refractivity contribution < 1.29 is 9.53 Å². The van der Waals surface area contributed by atoms with E-state index >= 15 is 0 Å². The van der Waals surface area contributed by atoms with Crippen molar-refractivity contribution in [2.75, 3.05) is 39.3 Å². The molecular weight excluding hydrogens is 456 g/mol. The first-order chi connectivity index (χ1) is 18.3. The van der Waals surface area contributed by atoms with Crippen molar-refractivity contribution in [1.82, 2.24) is 10.2 Å². The molecule has 1 atom stereocenters. The average Bonchev–Trinajstić information content (AvgIpc) is 3.43. The Hall–Kier alpha value is -0.610. The highest BCUT2D eigenvalue weighted by Crippen LogP contribution is 2.15. The molecule has 0 saturated carbocycles. The number of carbonyl (C=O) groups is 1. The topological polar surface area (TPSA) is 41.6 Å². The first-order valence-electron chi connectivity index (χ1n) is 16.8. The summed E-state index contributed by atoms with van der Waals surface area (Å²) in [4.78, 5) is 14.7. The molecule has 1 fully saturated rings. The smallest absolute Gasteiger partial charge is 0.305 e. The molecule has 0 bridgehead atoms. The maximum absolute atomic E-state index is 12.1. The number of carbonyl (C=O) groups excluding carboxylic acids is 1. The van der Waals surface area contributed by atoms with Crippen LogP contribution in [0, 0.1) is 5.92 Å². The molecule has 1 aliphatic heterocycles. The number of nitrogens with one attached hydrogen (secondary N) is 1. The van der Waals surface area contributed by atoms with Crippen molar-refractivity contribution in [2.24, 2.45) is 5.92 Å². The second kappa shape index (κ2) is 27.0. The van der Waals surface area contributed by atoms with Gasteiger partial charge in [0, 0.05) is 13.0 Å². The summed E-state index contributed by atoms with van der Waals surface area (Å²) in [5.74, 6) is 0.863. The maximum Gasteiger partial charge on any atom is 0.305 e. The van der Waals surface area contributed by atoms with Crippen LogP contribution in [0.25, 0.3) is 0 Å². The van der Waals surface area contributed by atoms with Crippen LogP contribution >= 0.6 is 0 Å². The monoisotopic (exact) mass is 523 g/mol. The van der Waals surface area contributed by atoms with Crippen LogP contribution in [0.15, 0.2) is 0 Å². The molecule has 0 amide bonds. The van der Waals surface area contributed by atoms with Gasteiger partial charge in [0.25, 0.3) is 0 Å². The van der Waals surface area contributed by atoms with Crippen LogP contribution in [0.5, 0.6) is 0 Å². The van der Waals surface area contributed by atoms with Crippen molar-refractivity contribution in [3.63, 3.8) is 0 Å². The minimum absolute atomic E-state index is 0.0121. The van der Waals surface area contributed by atoms with E-state index in [0.717, 1.165) is 25.3 Å². The largest absolute Gasteiger partial charge is 0.466 e. The normalized spacial score (nSPS) is 15.6. The van der Waals surface area contributed by atoms with E-state index in [1.54, 1.807) is 0 Å². The zero-order valence-electron chi connectivity index (χ0n) is 25.3. The summed E-state index contributed by atoms with van der Waals surface area (Å²) in [6, 6.07) is 0. The van der Waals surface area contributed by atoms with E-state index in [1.165, 1.54) is 155 Å². The molecule has 1 saturated heterocycles. The van der Waals surface area contributed by atoms with E-state index in [4.69, 9.17) is 4.74 Å². The van der Waals surface area contributed by atoms with Gasteiger partial charge in [-0.2, -0.15) is 0 Å². The lowest BCUT2D eigenvalue weighted by atomic mass is 10.0. The van der Waals surface area contributed by atoms with Crippen molar-refractivity contribution in [3.8, 4) is 0 Å². The van der Waals surface area contributed by atoms with Crippen LogP contribution in [0.1, 0.15) is 162 Å². The molecule has 0 spiro atoms. The fourth-order valence-corrected chi connectivity index (χ4v) is 5.61. The van der Waals surface area contributed by atoms with Crippen LogP contribution in [0.2, 0.25) is 0 Å². The molecule has 0 radical (unpaired) electrons. The van der Waals surface area contributed by atoms with Gasteiger partial charge in [-0.25, -0.2) is 0 Å². The third kappa shape index (κ3) is 23.0. The summed E-state index contributed by atoms with van der Waals surface area (Å²) in [6.45, 7) is 11.0. The molecule has 1 heterocycles. The molecule has 1 aliphatic rings. The zero-order valence-corrected chi connectivity index (χ0v) is 25.3. The van der Waals surface area contributed by atoms with Crippen molar-refractivity contribution in [3.05, 3.63) is 0 Å². The minimum Gasteiger partial charge on any atom is -0.466 e. The van der Waals surface area contributed by atoms with Gasteiger partial charge >= 0.3 is 5.97 Å². The molecule has 0 aromatic heterocycles. The SMILES string of the molecule is CCCCCCCCCCCCCCN(CCCOC(=O)CCCCCCCCC)CCC1CCNC1. The standard InChI is InChI=1S/C33H66N2O2/c1-3-5-7-9-11-12-13-14-15-17-19-21-27-35(29-25-32-24-26-34-31-32)28-22-30-37-33(36)23-20-18-16-10-8-6-4-2/h32,34H,3-31H2,1-2H3. The van der Waals surface area contributed by atoms with E-state index in [9.17, 15) is 4.79 Å². The summed E-state index contributed by atoms with van der Waals surface area (Å²) < 4.78 is 5.56. The molecule has 1 N–H and O–H groups in total. The highest BCUT2D eigenvalue weighted by atomic mass is 16.5. The van der Waals surface area contributed by atoms with Gasteiger partial charge in [0.2, 0.25) is 0 Å². The van der Waals surface area contributed by atoms with Crippen LogP contribution in [-0.2, 0) is 9.53 Å². The number of hydrogen-bond donors (Lipinski definition) is 1. The molecule has 0 aromatic carbocycles. The predicted molar refractivity (Wildman–Crippen MR) is 161 cm³/mol. The molecule has 4 heteroatoms. The second-order valence-corrected chi connectivity index (χ2v) is 11.8. The van der Waals surface area contributed by atoms with E-state index < -0.39 is 0 Å². The lowest BCUT2D eigenvalue weighted by molar-refractivity contribution is -0.144. The van der Waals surface area contributed by atoms with E-state index in [1.807, 2.05) is 0 Å². The minimum atomic E-state index is 0.0121. The lowest BCUT2D eigenvalue weighted by Crippen LogP contribution is -2.29. The quantitative estimate of drug-likeness (QED) is 0.0822. The fraction of sp³-hybridized carbons (Fsp3) is 0.970. The molecule has 220 valence electrons. The Bertz CT molecular complexity index is 479. The summed E-state index contributed by atoms with van der Waals surface area (Å²) in [6.07, 6.45) is 29.8. The van der Waals surface area contributed by atoms with Gasteiger partial charge in [-0.3, -0.25) is 4.79 Å². The number of unbranched alkanes of at least 4 members (excludes halogenated alkanes) is 17. The first kappa shape index (κ1) is 34.4. The zero-order chi connectivity index (χ0) is 26.7. The van der Waals surface area contributed by atoms with E-state index in [0.29, 0.717) is 13.0 Å². The number of nitrogens with zero attached hydrogens (tertiary/aromatic N) is 1. The van der Waals surface area contributed by atoms with Crippen LogP contribution in [0.4, 0.5) is 0 Å². The first-order valence-corrected chi connectivity index (χ1v) is 16.8. The summed E-state index contributed by atoms with van der Waals surface area (Å²) in [5, 5.41) is 3.51. The highest BCUT2D eigenvalue weighted by Gasteiger charge is 2.16. The number of esters is 1. The molecule has 0 aromatic rings. The van der Waals surface area contributed by atoms with Gasteiger partial charge in [0.05, 0.1) is 6.61 Å². The molecule has 1 unspecified atom stereocenters. The molecule has 1 rings (SSSR count). The number of ether oxygens (including phenoxy) is 1. The van der Waals surface area contributed by atoms with Gasteiger partial charge in [-0.1, -0.05) is 123 Å². The van der Waals surface area contributed by atoms with Gasteiger partial charge in [-0.15, -0.1) is 0 Å². The molecule has 37 heavy (non-hydrogen) atoms. The lowest BCUT2D eigenvalue weighted by Gasteiger charge is -2.23. The summed E-state index contributed by atoms with van der Waals surface area (Å²) in [5.41, 5.74) is 0. The third-order valence-corrected chi connectivity index (χ3v) is 8.21. The summed E-state index contributed by atoms with van der Waals surface area (Å²) in [7, 11) is 0. The Labute approximate surface area is 232 Å². The third-order valence-electron chi connectivity index (χ3n) is 8.21. The average molecular weight is 523 g/mol. The van der Waals surface area contributed by atoms with Crippen molar-refractivity contribution in [1.29, 1.82) is 0 Å². The van der Waals surface area contributed by atoms with E-state index in [2.05, 4.69) is 24.1 Å². The van der Waals surface area contributed by atoms with Crippen LogP contribution in [0.3, 0.4) is 0 Å². The Morgan fingerprint density at radius 1 is 0.676 bits per heavy atom. The number of hydrogen-bond acceptors (Lipinski definition) is 4. The van der Waals surface area contributed by atoms with E-state index in [-0.39, 0.29) is 5.97 Å².